The van der Waals surface area contributed by atoms with Crippen LogP contribution in [-0.2, 0) is 10.2 Å². The lowest BCUT2D eigenvalue weighted by molar-refractivity contribution is -0.118. The summed E-state index contributed by atoms with van der Waals surface area (Å²) in [6, 6.07) is 8.38. The third-order valence-corrected chi connectivity index (χ3v) is 4.72. The number of rotatable bonds is 4. The van der Waals surface area contributed by atoms with Gasteiger partial charge in [-0.1, -0.05) is 32.9 Å². The molecule has 130 valence electrons. The van der Waals surface area contributed by atoms with E-state index in [0.29, 0.717) is 12.3 Å². The highest BCUT2D eigenvalue weighted by molar-refractivity contribution is 5.92. The molecule has 0 radical (unpaired) electrons. The summed E-state index contributed by atoms with van der Waals surface area (Å²) in [6.45, 7) is 8.81. The second kappa shape index (κ2) is 8.70. The fraction of sp³-hybridized carbons (Fsp3) is 0.632. The van der Waals surface area contributed by atoms with Gasteiger partial charge in [0.05, 0.1) is 0 Å². The molecule has 23 heavy (non-hydrogen) atoms. The minimum Gasteiger partial charge on any atom is -0.317 e. The molecule has 0 atom stereocenters. The van der Waals surface area contributed by atoms with E-state index < -0.39 is 0 Å². The molecule has 0 spiro atoms. The lowest BCUT2D eigenvalue weighted by Gasteiger charge is -2.24. The molecular weight excluding hydrogens is 308 g/mol. The fourth-order valence-electron chi connectivity index (χ4n) is 2.99. The van der Waals surface area contributed by atoms with Crippen molar-refractivity contribution in [2.75, 3.05) is 25.0 Å². The van der Waals surface area contributed by atoms with Gasteiger partial charge in [0.1, 0.15) is 0 Å². The molecule has 1 aliphatic rings. The number of nitrogens with zero attached hydrogens (tertiary/aromatic N) is 1. The largest absolute Gasteiger partial charge is 0.317 e. The van der Waals surface area contributed by atoms with E-state index in [2.05, 4.69) is 50.4 Å². The highest BCUT2D eigenvalue weighted by Gasteiger charge is 2.18. The molecular formula is C19H31ClN2O. The molecule has 4 heteroatoms. The van der Waals surface area contributed by atoms with Crippen LogP contribution in [-0.4, -0.2) is 26.0 Å². The van der Waals surface area contributed by atoms with Gasteiger partial charge in [0.25, 0.3) is 0 Å². The van der Waals surface area contributed by atoms with E-state index in [9.17, 15) is 4.79 Å². The van der Waals surface area contributed by atoms with Gasteiger partial charge in [-0.25, -0.2) is 0 Å². The summed E-state index contributed by atoms with van der Waals surface area (Å²) in [5.74, 6) is 0.934. The number of carbonyl (C=O) groups excluding carboxylic acids is 1. The molecule has 0 saturated carbocycles. The second-order valence-corrected chi connectivity index (χ2v) is 7.48. The Kier molecular flexibility index (Phi) is 7.56. The van der Waals surface area contributed by atoms with Crippen molar-refractivity contribution in [3.8, 4) is 0 Å². The normalized spacial score (nSPS) is 15.8. The number of piperidine rings is 1. The molecule has 1 heterocycles. The third kappa shape index (κ3) is 5.82. The number of hydrogen-bond acceptors (Lipinski definition) is 2. The Morgan fingerprint density at radius 1 is 1.17 bits per heavy atom. The van der Waals surface area contributed by atoms with Crippen molar-refractivity contribution < 1.29 is 4.79 Å². The Bertz CT molecular complexity index is 487. The monoisotopic (exact) mass is 338 g/mol. The van der Waals surface area contributed by atoms with Crippen LogP contribution in [0.15, 0.2) is 24.3 Å². The summed E-state index contributed by atoms with van der Waals surface area (Å²) in [6.07, 6.45) is 4.08. The number of amides is 1. The number of anilines is 1. The van der Waals surface area contributed by atoms with Crippen LogP contribution in [0.4, 0.5) is 5.69 Å². The van der Waals surface area contributed by atoms with E-state index in [4.69, 9.17) is 0 Å². The van der Waals surface area contributed by atoms with Crippen LogP contribution in [0, 0.1) is 5.92 Å². The first kappa shape index (κ1) is 20.0. The molecule has 1 aromatic rings. The van der Waals surface area contributed by atoms with Crippen molar-refractivity contribution in [3.63, 3.8) is 0 Å². The van der Waals surface area contributed by atoms with Crippen LogP contribution >= 0.6 is 12.4 Å². The Morgan fingerprint density at radius 3 is 2.26 bits per heavy atom. The molecule has 0 bridgehead atoms. The molecule has 1 fully saturated rings. The standard InChI is InChI=1S/C19H30N2O.ClH/c1-19(2,3)16-6-8-17(9-7-16)21(4)18(22)10-5-15-11-13-20-14-12-15;/h6-9,15,20H,5,10-14H2,1-4H3;1H. The summed E-state index contributed by atoms with van der Waals surface area (Å²) in [7, 11) is 1.89. The van der Waals surface area contributed by atoms with Crippen molar-refractivity contribution >= 4 is 24.0 Å². The topological polar surface area (TPSA) is 32.3 Å². The highest BCUT2D eigenvalue weighted by Crippen LogP contribution is 2.25. The molecule has 2 rings (SSSR count). The van der Waals surface area contributed by atoms with Crippen LogP contribution in [0.5, 0.6) is 0 Å². The Labute approximate surface area is 147 Å². The summed E-state index contributed by atoms with van der Waals surface area (Å²) in [5.41, 5.74) is 2.44. The van der Waals surface area contributed by atoms with E-state index in [1.54, 1.807) is 4.90 Å². The van der Waals surface area contributed by atoms with E-state index >= 15 is 0 Å². The zero-order valence-corrected chi connectivity index (χ0v) is 15.7. The number of halogens is 1. The maximum atomic E-state index is 12.4. The summed E-state index contributed by atoms with van der Waals surface area (Å²) in [5, 5.41) is 3.37. The smallest absolute Gasteiger partial charge is 0.226 e. The van der Waals surface area contributed by atoms with Crippen LogP contribution in [0.1, 0.15) is 52.0 Å². The second-order valence-electron chi connectivity index (χ2n) is 7.48. The quantitative estimate of drug-likeness (QED) is 0.894. The summed E-state index contributed by atoms with van der Waals surface area (Å²) >= 11 is 0. The lowest BCUT2D eigenvalue weighted by Crippen LogP contribution is -2.30. The van der Waals surface area contributed by atoms with Gasteiger partial charge in [-0.05, 0) is 61.4 Å². The SMILES string of the molecule is CN(C(=O)CCC1CCNCC1)c1ccc(C(C)(C)C)cc1.Cl. The van der Waals surface area contributed by atoms with Gasteiger partial charge in [-0.15, -0.1) is 12.4 Å². The molecule has 1 aliphatic heterocycles. The van der Waals surface area contributed by atoms with E-state index in [1.807, 2.05) is 7.05 Å². The molecule has 3 nitrogen and oxygen atoms in total. The number of hydrogen-bond donors (Lipinski definition) is 1. The predicted octanol–water partition coefficient (Wildman–Crippen LogP) is 4.15. The lowest BCUT2D eigenvalue weighted by atomic mass is 9.87. The molecule has 1 aromatic carbocycles. The summed E-state index contributed by atoms with van der Waals surface area (Å²) < 4.78 is 0. The minimum absolute atomic E-state index is 0. The molecule has 1 amide bonds. The predicted molar refractivity (Wildman–Crippen MR) is 101 cm³/mol. The fourth-order valence-corrected chi connectivity index (χ4v) is 2.99. The Balaban J connectivity index is 0.00000264. The van der Waals surface area contributed by atoms with E-state index in [1.165, 1.54) is 18.4 Å². The van der Waals surface area contributed by atoms with E-state index in [-0.39, 0.29) is 23.7 Å². The van der Waals surface area contributed by atoms with E-state index in [0.717, 1.165) is 25.2 Å². The molecule has 0 aliphatic carbocycles. The Morgan fingerprint density at radius 2 is 1.74 bits per heavy atom. The van der Waals surface area contributed by atoms with Crippen LogP contribution in [0.2, 0.25) is 0 Å². The average Bonchev–Trinajstić information content (AvgIpc) is 2.52. The minimum atomic E-state index is 0. The van der Waals surface area contributed by atoms with Gasteiger partial charge in [0.15, 0.2) is 0 Å². The van der Waals surface area contributed by atoms with Crippen molar-refractivity contribution in [3.05, 3.63) is 29.8 Å². The van der Waals surface area contributed by atoms with Gasteiger partial charge < -0.3 is 10.2 Å². The maximum Gasteiger partial charge on any atom is 0.226 e. The van der Waals surface area contributed by atoms with Gasteiger partial charge in [-0.3, -0.25) is 4.79 Å². The van der Waals surface area contributed by atoms with Crippen molar-refractivity contribution in [1.29, 1.82) is 0 Å². The van der Waals surface area contributed by atoms with Crippen molar-refractivity contribution in [1.82, 2.24) is 5.32 Å². The third-order valence-electron chi connectivity index (χ3n) is 4.72. The summed E-state index contributed by atoms with van der Waals surface area (Å²) in [4.78, 5) is 14.2. The average molecular weight is 339 g/mol. The zero-order valence-electron chi connectivity index (χ0n) is 14.9. The van der Waals surface area contributed by atoms with Crippen LogP contribution in [0.3, 0.4) is 0 Å². The first-order valence-corrected chi connectivity index (χ1v) is 8.46. The van der Waals surface area contributed by atoms with Crippen molar-refractivity contribution in [2.45, 2.75) is 51.9 Å². The number of carbonyl (C=O) groups is 1. The highest BCUT2D eigenvalue weighted by atomic mass is 35.5. The number of nitrogens with one attached hydrogen (secondary N) is 1. The maximum absolute atomic E-state index is 12.4. The van der Waals surface area contributed by atoms with Gasteiger partial charge in [0, 0.05) is 19.2 Å². The van der Waals surface area contributed by atoms with Gasteiger partial charge >= 0.3 is 0 Å². The van der Waals surface area contributed by atoms with Crippen LogP contribution < -0.4 is 10.2 Å². The zero-order chi connectivity index (χ0) is 16.2. The first-order valence-electron chi connectivity index (χ1n) is 8.46. The van der Waals surface area contributed by atoms with Crippen molar-refractivity contribution in [2.24, 2.45) is 5.92 Å². The van der Waals surface area contributed by atoms with Gasteiger partial charge in [-0.2, -0.15) is 0 Å². The molecule has 1 N–H and O–H groups in total. The molecule has 0 unspecified atom stereocenters. The van der Waals surface area contributed by atoms with Crippen LogP contribution in [0.25, 0.3) is 0 Å². The first-order chi connectivity index (χ1) is 10.4. The number of benzene rings is 1. The Hall–Kier alpha value is -1.06. The molecule has 1 saturated heterocycles. The molecule has 0 aromatic heterocycles. The van der Waals surface area contributed by atoms with Gasteiger partial charge in [0.2, 0.25) is 5.91 Å².